The molecule has 0 spiro atoms. The minimum Gasteiger partial charge on any atom is -0.374 e. The largest absolute Gasteiger partial charge is 0.374 e. The number of anilines is 2. The molecule has 0 bridgehead atoms. The number of rotatable bonds is 0. The van der Waals surface area contributed by atoms with Gasteiger partial charge in [-0.1, -0.05) is 0 Å². The van der Waals surface area contributed by atoms with Gasteiger partial charge in [0.15, 0.2) is 0 Å². The van der Waals surface area contributed by atoms with Crippen molar-refractivity contribution in [3.05, 3.63) is 22.4 Å². The molecule has 0 saturated heterocycles. The second-order valence-electron chi connectivity index (χ2n) is 2.71. The van der Waals surface area contributed by atoms with Crippen molar-refractivity contribution >= 4 is 33.2 Å². The number of carbonyl (C=O) groups excluding carboxylic acids is 1. The van der Waals surface area contributed by atoms with Crippen LogP contribution in [0.3, 0.4) is 0 Å². The fourth-order valence-corrected chi connectivity index (χ4v) is 1.51. The van der Waals surface area contributed by atoms with E-state index < -0.39 is 0 Å². The molecule has 1 heterocycles. The van der Waals surface area contributed by atoms with Gasteiger partial charge in [-0.2, -0.15) is 0 Å². The van der Waals surface area contributed by atoms with Crippen molar-refractivity contribution in [3.63, 3.8) is 0 Å². The van der Waals surface area contributed by atoms with Crippen molar-refractivity contribution in [1.82, 2.24) is 0 Å². The Morgan fingerprint density at radius 2 is 2.15 bits per heavy atom. The molecular weight excluding hydrogens is 239 g/mol. The Hall–Kier alpha value is -1.10. The van der Waals surface area contributed by atoms with Gasteiger partial charge in [0.05, 0.1) is 22.4 Å². The summed E-state index contributed by atoms with van der Waals surface area (Å²) in [6, 6.07) is 2.88. The van der Waals surface area contributed by atoms with Gasteiger partial charge < -0.3 is 10.6 Å². The molecule has 3 nitrogen and oxygen atoms in total. The van der Waals surface area contributed by atoms with Crippen molar-refractivity contribution in [2.75, 3.05) is 17.2 Å². The Morgan fingerprint density at radius 3 is 2.92 bits per heavy atom. The van der Waals surface area contributed by atoms with Crippen LogP contribution in [0.2, 0.25) is 0 Å². The molecular formula is C8H6BrFN2O. The smallest absolute Gasteiger partial charge is 0.243 e. The number of hydrogen-bond acceptors (Lipinski definition) is 2. The summed E-state index contributed by atoms with van der Waals surface area (Å²) in [6.45, 7) is 0.227. The van der Waals surface area contributed by atoms with Gasteiger partial charge in [0, 0.05) is 6.07 Å². The maximum atomic E-state index is 13.0. The lowest BCUT2D eigenvalue weighted by Crippen LogP contribution is -2.27. The van der Waals surface area contributed by atoms with E-state index in [1.165, 1.54) is 6.07 Å². The summed E-state index contributed by atoms with van der Waals surface area (Å²) in [4.78, 5) is 10.9. The number of hydrogen-bond donors (Lipinski definition) is 2. The number of nitrogens with one attached hydrogen (secondary N) is 2. The third-order valence-electron chi connectivity index (χ3n) is 1.77. The molecule has 68 valence electrons. The first-order valence-electron chi connectivity index (χ1n) is 3.69. The van der Waals surface area contributed by atoms with Crippen LogP contribution in [0, 0.1) is 5.82 Å². The first kappa shape index (κ1) is 8.50. The summed E-state index contributed by atoms with van der Waals surface area (Å²) in [5, 5.41) is 5.44. The molecule has 1 aliphatic heterocycles. The molecule has 1 aromatic rings. The molecule has 1 aromatic carbocycles. The normalized spacial score (nSPS) is 14.5. The summed E-state index contributed by atoms with van der Waals surface area (Å²) in [6.07, 6.45) is 0. The van der Waals surface area contributed by atoms with Crippen LogP contribution >= 0.6 is 15.9 Å². The predicted octanol–water partition coefficient (Wildman–Crippen LogP) is 1.95. The minimum atomic E-state index is -0.386. The third kappa shape index (κ3) is 1.51. The van der Waals surface area contributed by atoms with Crippen LogP contribution in [-0.4, -0.2) is 12.5 Å². The topological polar surface area (TPSA) is 41.1 Å². The van der Waals surface area contributed by atoms with Gasteiger partial charge in [0.2, 0.25) is 5.91 Å². The number of amides is 1. The van der Waals surface area contributed by atoms with Crippen LogP contribution in [0.4, 0.5) is 15.8 Å². The first-order valence-corrected chi connectivity index (χ1v) is 4.49. The van der Waals surface area contributed by atoms with Crippen LogP contribution in [0.15, 0.2) is 16.6 Å². The number of halogens is 2. The molecule has 1 aliphatic rings. The van der Waals surface area contributed by atoms with E-state index in [2.05, 4.69) is 26.6 Å². The minimum absolute atomic E-state index is 0.158. The second kappa shape index (κ2) is 2.99. The highest BCUT2D eigenvalue weighted by molar-refractivity contribution is 9.10. The predicted molar refractivity (Wildman–Crippen MR) is 51.2 cm³/mol. The standard InChI is InChI=1S/C8H6BrFN2O/c9-4-1-6-7(2-5(4)10)12-8(13)3-11-6/h1-2,11H,3H2,(H,12,13). The molecule has 0 radical (unpaired) electrons. The molecule has 13 heavy (non-hydrogen) atoms. The fraction of sp³-hybridized carbons (Fsp3) is 0.125. The monoisotopic (exact) mass is 244 g/mol. The van der Waals surface area contributed by atoms with E-state index in [-0.39, 0.29) is 18.3 Å². The van der Waals surface area contributed by atoms with Crippen LogP contribution in [0.25, 0.3) is 0 Å². The number of fused-ring (bicyclic) bond motifs is 1. The van der Waals surface area contributed by atoms with Gasteiger partial charge in [0.1, 0.15) is 5.82 Å². The van der Waals surface area contributed by atoms with Crippen LogP contribution in [0.5, 0.6) is 0 Å². The van der Waals surface area contributed by atoms with E-state index in [1.807, 2.05) is 0 Å². The Bertz CT molecular complexity index is 381. The summed E-state index contributed by atoms with van der Waals surface area (Å²) >= 11 is 3.06. The van der Waals surface area contributed by atoms with E-state index in [0.29, 0.717) is 10.2 Å². The van der Waals surface area contributed by atoms with Crippen molar-refractivity contribution in [2.24, 2.45) is 0 Å². The van der Waals surface area contributed by atoms with Crippen molar-refractivity contribution < 1.29 is 9.18 Å². The van der Waals surface area contributed by atoms with E-state index >= 15 is 0 Å². The molecule has 2 N–H and O–H groups in total. The Kier molecular flexibility index (Phi) is 1.95. The lowest BCUT2D eigenvalue weighted by atomic mass is 10.2. The molecule has 2 rings (SSSR count). The van der Waals surface area contributed by atoms with Crippen LogP contribution in [-0.2, 0) is 4.79 Å². The van der Waals surface area contributed by atoms with Gasteiger partial charge in [-0.25, -0.2) is 4.39 Å². The van der Waals surface area contributed by atoms with Gasteiger partial charge >= 0.3 is 0 Å². The maximum Gasteiger partial charge on any atom is 0.243 e. The third-order valence-corrected chi connectivity index (χ3v) is 2.38. The fourth-order valence-electron chi connectivity index (χ4n) is 1.17. The number of carbonyl (C=O) groups is 1. The quantitative estimate of drug-likeness (QED) is 0.733. The average molecular weight is 245 g/mol. The van der Waals surface area contributed by atoms with Crippen molar-refractivity contribution in [3.8, 4) is 0 Å². The van der Waals surface area contributed by atoms with Gasteiger partial charge in [-0.05, 0) is 22.0 Å². The Morgan fingerprint density at radius 1 is 1.38 bits per heavy atom. The summed E-state index contributed by atoms with van der Waals surface area (Å²) < 4.78 is 13.4. The van der Waals surface area contributed by atoms with Crippen molar-refractivity contribution in [1.29, 1.82) is 0 Å². The molecule has 0 saturated carbocycles. The van der Waals surface area contributed by atoms with Gasteiger partial charge in [-0.3, -0.25) is 4.79 Å². The maximum absolute atomic E-state index is 13.0. The summed E-state index contributed by atoms with van der Waals surface area (Å²) in [5.74, 6) is -0.544. The zero-order valence-electron chi connectivity index (χ0n) is 6.53. The molecule has 5 heteroatoms. The molecule has 0 aromatic heterocycles. The van der Waals surface area contributed by atoms with E-state index in [0.717, 1.165) is 5.69 Å². The van der Waals surface area contributed by atoms with Crippen molar-refractivity contribution in [2.45, 2.75) is 0 Å². The number of benzene rings is 1. The SMILES string of the molecule is O=C1CNc2cc(Br)c(F)cc2N1. The zero-order valence-corrected chi connectivity index (χ0v) is 8.11. The summed E-state index contributed by atoms with van der Waals surface area (Å²) in [5.41, 5.74) is 1.21. The molecule has 0 unspecified atom stereocenters. The molecule has 0 fully saturated rings. The lowest BCUT2D eigenvalue weighted by Gasteiger charge is -2.18. The molecule has 0 aliphatic carbocycles. The van der Waals surface area contributed by atoms with Gasteiger partial charge in [-0.15, -0.1) is 0 Å². The van der Waals surface area contributed by atoms with E-state index in [9.17, 15) is 9.18 Å². The first-order chi connectivity index (χ1) is 6.16. The van der Waals surface area contributed by atoms with Gasteiger partial charge in [0.25, 0.3) is 0 Å². The Balaban J connectivity index is 2.49. The molecule has 1 amide bonds. The average Bonchev–Trinajstić information content (AvgIpc) is 2.08. The second-order valence-corrected chi connectivity index (χ2v) is 3.57. The van der Waals surface area contributed by atoms with E-state index in [1.54, 1.807) is 6.07 Å². The highest BCUT2D eigenvalue weighted by atomic mass is 79.9. The van der Waals surface area contributed by atoms with Crippen LogP contribution < -0.4 is 10.6 Å². The lowest BCUT2D eigenvalue weighted by molar-refractivity contribution is -0.114. The highest BCUT2D eigenvalue weighted by Gasteiger charge is 2.15. The van der Waals surface area contributed by atoms with Crippen LogP contribution in [0.1, 0.15) is 0 Å². The highest BCUT2D eigenvalue weighted by Crippen LogP contribution is 2.30. The Labute approximate surface area is 82.4 Å². The molecule has 0 atom stereocenters. The summed E-state index contributed by atoms with van der Waals surface area (Å²) in [7, 11) is 0. The zero-order chi connectivity index (χ0) is 9.42. The van der Waals surface area contributed by atoms with E-state index in [4.69, 9.17) is 0 Å².